The minimum absolute atomic E-state index is 0.0613. The first-order valence-corrected chi connectivity index (χ1v) is 4.16. The Bertz CT molecular complexity index is 397. The van der Waals surface area contributed by atoms with Crippen LogP contribution >= 0.6 is 0 Å². The van der Waals surface area contributed by atoms with E-state index in [0.717, 1.165) is 0 Å². The molecule has 2 heterocycles. The van der Waals surface area contributed by atoms with Crippen LogP contribution in [0, 0.1) is 0 Å². The molecule has 1 aliphatic rings. The zero-order chi connectivity index (χ0) is 10.1. The van der Waals surface area contributed by atoms with E-state index in [1.807, 2.05) is 0 Å². The molecule has 6 nitrogen and oxygen atoms in total. The minimum atomic E-state index is -0.499. The van der Waals surface area contributed by atoms with Crippen molar-refractivity contribution in [3.05, 3.63) is 11.8 Å². The van der Waals surface area contributed by atoms with Gasteiger partial charge in [-0.25, -0.2) is 9.48 Å². The number of carbonyl (C=O) groups excluding carboxylic acids is 2. The number of amides is 1. The molecule has 2 rings (SSSR count). The summed E-state index contributed by atoms with van der Waals surface area (Å²) in [7, 11) is 1.29. The predicted octanol–water partition coefficient (Wildman–Crippen LogP) is 0.0119. The minimum Gasteiger partial charge on any atom is -0.464 e. The summed E-state index contributed by atoms with van der Waals surface area (Å²) in [4.78, 5) is 22.1. The number of methoxy groups -OCH3 is 1. The van der Waals surface area contributed by atoms with E-state index in [1.54, 1.807) is 4.68 Å². The molecule has 0 radical (unpaired) electrons. The maximum Gasteiger partial charge on any atom is 0.358 e. The van der Waals surface area contributed by atoms with E-state index >= 15 is 0 Å². The van der Waals surface area contributed by atoms with Gasteiger partial charge in [-0.3, -0.25) is 4.79 Å². The second-order valence-electron chi connectivity index (χ2n) is 2.93. The summed E-state index contributed by atoms with van der Waals surface area (Å²) >= 11 is 0. The fourth-order valence-electron chi connectivity index (χ4n) is 1.30. The standard InChI is InChI=1S/C8H9N3O3/c1-14-8(13)5-4-6-9-7(12)2-3-11(6)10-5/h4H,2-3H2,1H3,(H,9,12). The number of fused-ring (bicyclic) bond motifs is 1. The third-order valence-electron chi connectivity index (χ3n) is 1.99. The maximum absolute atomic E-state index is 11.1. The Morgan fingerprint density at radius 1 is 1.71 bits per heavy atom. The highest BCUT2D eigenvalue weighted by molar-refractivity contribution is 5.93. The molecule has 1 aromatic heterocycles. The molecule has 74 valence electrons. The lowest BCUT2D eigenvalue weighted by atomic mass is 10.3. The highest BCUT2D eigenvalue weighted by Gasteiger charge is 2.19. The summed E-state index contributed by atoms with van der Waals surface area (Å²) in [6, 6.07) is 1.50. The van der Waals surface area contributed by atoms with Crippen molar-refractivity contribution in [1.29, 1.82) is 0 Å². The van der Waals surface area contributed by atoms with Crippen molar-refractivity contribution < 1.29 is 14.3 Å². The molecule has 1 N–H and O–H groups in total. The van der Waals surface area contributed by atoms with Crippen molar-refractivity contribution in [3.8, 4) is 0 Å². The summed E-state index contributed by atoms with van der Waals surface area (Å²) in [6.07, 6.45) is 0.384. The number of aryl methyl sites for hydroxylation is 1. The number of carbonyl (C=O) groups is 2. The third-order valence-corrected chi connectivity index (χ3v) is 1.99. The zero-order valence-corrected chi connectivity index (χ0v) is 7.61. The molecule has 0 saturated carbocycles. The number of hydrogen-bond donors (Lipinski definition) is 1. The quantitative estimate of drug-likeness (QED) is 0.641. The molecule has 0 aromatic carbocycles. The summed E-state index contributed by atoms with van der Waals surface area (Å²) in [5.41, 5.74) is 0.213. The van der Waals surface area contributed by atoms with Gasteiger partial charge in [0.2, 0.25) is 5.91 Å². The fraction of sp³-hybridized carbons (Fsp3) is 0.375. The molecule has 14 heavy (non-hydrogen) atoms. The van der Waals surface area contributed by atoms with E-state index in [1.165, 1.54) is 13.2 Å². The van der Waals surface area contributed by atoms with Gasteiger partial charge in [-0.05, 0) is 0 Å². The van der Waals surface area contributed by atoms with Crippen molar-refractivity contribution in [3.63, 3.8) is 0 Å². The van der Waals surface area contributed by atoms with Crippen LogP contribution in [-0.4, -0.2) is 28.8 Å². The Morgan fingerprint density at radius 3 is 3.21 bits per heavy atom. The third kappa shape index (κ3) is 1.34. The van der Waals surface area contributed by atoms with Crippen LogP contribution in [0.15, 0.2) is 6.07 Å². The molecule has 0 unspecified atom stereocenters. The Hall–Kier alpha value is -1.85. The highest BCUT2D eigenvalue weighted by Crippen LogP contribution is 2.16. The first kappa shape index (κ1) is 8.74. The maximum atomic E-state index is 11.1. The number of ether oxygens (including phenoxy) is 1. The number of nitrogens with one attached hydrogen (secondary N) is 1. The zero-order valence-electron chi connectivity index (χ0n) is 7.61. The molecule has 0 spiro atoms. The molecule has 6 heteroatoms. The van der Waals surface area contributed by atoms with Gasteiger partial charge in [0.05, 0.1) is 13.7 Å². The van der Waals surface area contributed by atoms with E-state index in [2.05, 4.69) is 15.2 Å². The van der Waals surface area contributed by atoms with E-state index in [-0.39, 0.29) is 11.6 Å². The van der Waals surface area contributed by atoms with Crippen LogP contribution in [0.3, 0.4) is 0 Å². The normalized spacial score (nSPS) is 14.5. The molecule has 0 atom stereocenters. The largest absolute Gasteiger partial charge is 0.464 e. The summed E-state index contributed by atoms with van der Waals surface area (Å²) in [6.45, 7) is 0.498. The molecule has 1 aromatic rings. The summed E-state index contributed by atoms with van der Waals surface area (Å²) < 4.78 is 6.09. The van der Waals surface area contributed by atoms with Crippen molar-refractivity contribution >= 4 is 17.7 Å². The van der Waals surface area contributed by atoms with Gasteiger partial charge in [-0.1, -0.05) is 0 Å². The Morgan fingerprint density at radius 2 is 2.50 bits per heavy atom. The smallest absolute Gasteiger partial charge is 0.358 e. The molecule has 0 fully saturated rings. The van der Waals surface area contributed by atoms with E-state index in [0.29, 0.717) is 18.8 Å². The number of aromatic nitrogens is 2. The fourth-order valence-corrected chi connectivity index (χ4v) is 1.30. The van der Waals surface area contributed by atoms with Crippen LogP contribution in [0.5, 0.6) is 0 Å². The van der Waals surface area contributed by atoms with Crippen molar-refractivity contribution in [2.24, 2.45) is 0 Å². The average molecular weight is 195 g/mol. The predicted molar refractivity (Wildman–Crippen MR) is 46.8 cm³/mol. The van der Waals surface area contributed by atoms with Gasteiger partial charge in [0.15, 0.2) is 5.69 Å². The average Bonchev–Trinajstić information content (AvgIpc) is 2.59. The summed E-state index contributed by atoms with van der Waals surface area (Å²) in [5, 5.41) is 6.60. The Labute approximate surface area is 79.8 Å². The molecule has 0 bridgehead atoms. The molecule has 1 amide bonds. The van der Waals surface area contributed by atoms with Crippen molar-refractivity contribution in [1.82, 2.24) is 9.78 Å². The Kier molecular flexibility index (Phi) is 1.95. The highest BCUT2D eigenvalue weighted by atomic mass is 16.5. The number of hydrogen-bond acceptors (Lipinski definition) is 4. The van der Waals surface area contributed by atoms with E-state index in [9.17, 15) is 9.59 Å². The lowest BCUT2D eigenvalue weighted by molar-refractivity contribution is -0.116. The Balaban J connectivity index is 2.32. The van der Waals surface area contributed by atoms with Crippen molar-refractivity contribution in [2.45, 2.75) is 13.0 Å². The van der Waals surface area contributed by atoms with Crippen LogP contribution in [0.1, 0.15) is 16.9 Å². The van der Waals surface area contributed by atoms with Gasteiger partial charge >= 0.3 is 5.97 Å². The summed E-state index contributed by atoms with van der Waals surface area (Å²) in [5.74, 6) is -0.0170. The SMILES string of the molecule is COC(=O)c1cc2n(n1)CCC(=O)N2. The lowest BCUT2D eigenvalue weighted by Crippen LogP contribution is -2.23. The van der Waals surface area contributed by atoms with Gasteiger partial charge in [-0.15, -0.1) is 0 Å². The first-order valence-electron chi connectivity index (χ1n) is 4.16. The monoisotopic (exact) mass is 195 g/mol. The van der Waals surface area contributed by atoms with Gasteiger partial charge in [-0.2, -0.15) is 5.10 Å². The van der Waals surface area contributed by atoms with Gasteiger partial charge in [0.25, 0.3) is 0 Å². The van der Waals surface area contributed by atoms with E-state index in [4.69, 9.17) is 0 Å². The van der Waals surface area contributed by atoms with E-state index < -0.39 is 5.97 Å². The first-order chi connectivity index (χ1) is 6.70. The van der Waals surface area contributed by atoms with Crippen molar-refractivity contribution in [2.75, 3.05) is 12.4 Å². The molecular weight excluding hydrogens is 186 g/mol. The number of nitrogens with zero attached hydrogens (tertiary/aromatic N) is 2. The van der Waals surface area contributed by atoms with Gasteiger partial charge in [0, 0.05) is 12.5 Å². The number of rotatable bonds is 1. The molecular formula is C8H9N3O3. The van der Waals surface area contributed by atoms with Crippen LogP contribution in [0.4, 0.5) is 5.82 Å². The number of anilines is 1. The lowest BCUT2D eigenvalue weighted by Gasteiger charge is -2.13. The molecule has 0 aliphatic carbocycles. The second kappa shape index (κ2) is 3.13. The molecule has 0 saturated heterocycles. The van der Waals surface area contributed by atoms with Crippen LogP contribution in [0.2, 0.25) is 0 Å². The second-order valence-corrected chi connectivity index (χ2v) is 2.93. The van der Waals surface area contributed by atoms with Crippen LogP contribution in [0.25, 0.3) is 0 Å². The van der Waals surface area contributed by atoms with Crippen LogP contribution in [-0.2, 0) is 16.1 Å². The van der Waals surface area contributed by atoms with Gasteiger partial charge < -0.3 is 10.1 Å². The topological polar surface area (TPSA) is 73.2 Å². The number of esters is 1. The van der Waals surface area contributed by atoms with Crippen LogP contribution < -0.4 is 5.32 Å². The molecule has 1 aliphatic heterocycles. The van der Waals surface area contributed by atoms with Gasteiger partial charge in [0.1, 0.15) is 5.82 Å².